The molecule has 0 bridgehead atoms. The smallest absolute Gasteiger partial charge is 0.349 e. The maximum atomic E-state index is 13.8. The second-order valence-corrected chi connectivity index (χ2v) is 11.5. The summed E-state index contributed by atoms with van der Waals surface area (Å²) in [5.74, 6) is -0.696. The van der Waals surface area contributed by atoms with Crippen LogP contribution in [-0.2, 0) is 25.3 Å². The highest BCUT2D eigenvalue weighted by molar-refractivity contribution is 6.32. The van der Waals surface area contributed by atoms with E-state index in [1.54, 1.807) is 13.0 Å². The molecule has 1 aliphatic carbocycles. The Morgan fingerprint density at radius 2 is 1.67 bits per heavy atom. The molecule has 1 fully saturated rings. The van der Waals surface area contributed by atoms with E-state index in [9.17, 15) is 35.9 Å². The SMILES string of the molecule is Cc1cc(Cl)cc(C(=O)NC(C)C2CC2)c1CC(=O)c1cc(Cn2nc(C(F)(F)F)c(C(F)(F)F)n2)nn1-c1ncccc1Cl. The van der Waals surface area contributed by atoms with E-state index in [1.165, 1.54) is 24.4 Å². The van der Waals surface area contributed by atoms with E-state index in [1.807, 2.05) is 6.92 Å². The van der Waals surface area contributed by atoms with Crippen molar-refractivity contribution in [2.24, 2.45) is 5.92 Å². The average molecular weight is 674 g/mol. The Hall–Kier alpha value is -3.98. The first kappa shape index (κ1) is 32.4. The van der Waals surface area contributed by atoms with Crippen LogP contribution in [0.4, 0.5) is 26.3 Å². The van der Waals surface area contributed by atoms with Crippen molar-refractivity contribution in [3.05, 3.63) is 86.0 Å². The molecule has 0 spiro atoms. The number of aromatic nitrogens is 6. The van der Waals surface area contributed by atoms with Crippen molar-refractivity contribution in [1.29, 1.82) is 0 Å². The van der Waals surface area contributed by atoms with Gasteiger partial charge in [-0.05, 0) is 74.1 Å². The molecule has 1 aliphatic rings. The number of aryl methyl sites for hydroxylation is 1. The van der Waals surface area contributed by atoms with Crippen LogP contribution in [0.3, 0.4) is 0 Å². The van der Waals surface area contributed by atoms with Gasteiger partial charge in [-0.25, -0.2) is 9.67 Å². The molecule has 1 unspecified atom stereocenters. The van der Waals surface area contributed by atoms with E-state index in [0.717, 1.165) is 23.6 Å². The lowest BCUT2D eigenvalue weighted by Gasteiger charge is -2.17. The number of hydrogen-bond acceptors (Lipinski definition) is 6. The second-order valence-electron chi connectivity index (χ2n) is 10.6. The number of nitrogens with zero attached hydrogens (tertiary/aromatic N) is 6. The van der Waals surface area contributed by atoms with Crippen molar-refractivity contribution in [3.8, 4) is 5.82 Å². The molecule has 0 aliphatic heterocycles. The van der Waals surface area contributed by atoms with Gasteiger partial charge in [-0.1, -0.05) is 23.2 Å². The lowest BCUT2D eigenvalue weighted by atomic mass is 9.95. The zero-order valence-electron chi connectivity index (χ0n) is 23.5. The van der Waals surface area contributed by atoms with Crippen LogP contribution < -0.4 is 5.32 Å². The van der Waals surface area contributed by atoms with Crippen LogP contribution in [0.2, 0.25) is 10.0 Å². The predicted molar refractivity (Wildman–Crippen MR) is 149 cm³/mol. The molecule has 4 aromatic rings. The van der Waals surface area contributed by atoms with Gasteiger partial charge in [0, 0.05) is 29.2 Å². The molecule has 5 rings (SSSR count). The van der Waals surface area contributed by atoms with Crippen molar-refractivity contribution in [1.82, 2.24) is 35.1 Å². The largest absolute Gasteiger partial charge is 0.437 e. The van der Waals surface area contributed by atoms with Gasteiger partial charge < -0.3 is 5.32 Å². The van der Waals surface area contributed by atoms with Gasteiger partial charge in [-0.3, -0.25) is 9.59 Å². The lowest BCUT2D eigenvalue weighted by Crippen LogP contribution is -2.35. The van der Waals surface area contributed by atoms with Crippen LogP contribution in [0.15, 0.2) is 36.5 Å². The Balaban J connectivity index is 1.53. The molecule has 3 aromatic heterocycles. The van der Waals surface area contributed by atoms with E-state index in [4.69, 9.17) is 23.2 Å². The van der Waals surface area contributed by atoms with Crippen LogP contribution >= 0.6 is 23.2 Å². The molecule has 17 heteroatoms. The van der Waals surface area contributed by atoms with Crippen LogP contribution in [0.1, 0.15) is 68.8 Å². The Morgan fingerprint density at radius 3 is 2.24 bits per heavy atom. The zero-order valence-corrected chi connectivity index (χ0v) is 25.0. The van der Waals surface area contributed by atoms with E-state index < -0.39 is 42.0 Å². The first-order chi connectivity index (χ1) is 21.0. The summed E-state index contributed by atoms with van der Waals surface area (Å²) < 4.78 is 80.8. The number of amides is 1. The number of pyridine rings is 1. The summed E-state index contributed by atoms with van der Waals surface area (Å²) in [4.78, 5) is 31.4. The fourth-order valence-electron chi connectivity index (χ4n) is 4.81. The summed E-state index contributed by atoms with van der Waals surface area (Å²) in [5, 5.41) is 13.5. The minimum absolute atomic E-state index is 0.0294. The number of halogens is 8. The number of benzene rings is 1. The third-order valence-corrected chi connectivity index (χ3v) is 7.70. The van der Waals surface area contributed by atoms with Gasteiger partial charge in [0.1, 0.15) is 12.2 Å². The highest BCUT2D eigenvalue weighted by Crippen LogP contribution is 2.38. The summed E-state index contributed by atoms with van der Waals surface area (Å²) in [7, 11) is 0. The standard InChI is InChI=1S/C28H23Cl2F6N7O2/c1-13-8-16(29)9-19(26(45)38-14(2)15-5-6-15)18(13)11-22(44)21-10-17(39-43(21)25-20(30)4-3-7-37-25)12-42-40-23(27(31,32)33)24(41-42)28(34,35)36/h3-4,7-10,14-15H,5-6,11-12H2,1-2H3,(H,38,45). The van der Waals surface area contributed by atoms with Gasteiger partial charge in [0.15, 0.2) is 23.0 Å². The maximum absolute atomic E-state index is 13.8. The first-order valence-corrected chi connectivity index (χ1v) is 14.2. The normalized spacial score (nSPS) is 14.4. The summed E-state index contributed by atoms with van der Waals surface area (Å²) in [6.07, 6.45) is -7.86. The minimum atomic E-state index is -5.43. The number of nitrogens with one attached hydrogen (secondary N) is 1. The lowest BCUT2D eigenvalue weighted by molar-refractivity contribution is -0.165. The average Bonchev–Trinajstić information content (AvgIpc) is 3.56. The molecule has 3 heterocycles. The number of carbonyl (C=O) groups is 2. The van der Waals surface area contributed by atoms with Gasteiger partial charge in [0.2, 0.25) is 0 Å². The van der Waals surface area contributed by atoms with Crippen LogP contribution in [0.5, 0.6) is 0 Å². The van der Waals surface area contributed by atoms with Crippen LogP contribution in [0.25, 0.3) is 5.82 Å². The first-order valence-electron chi connectivity index (χ1n) is 13.5. The number of alkyl halides is 6. The molecular formula is C28H23Cl2F6N7O2. The molecule has 1 saturated carbocycles. The van der Waals surface area contributed by atoms with E-state index in [2.05, 4.69) is 25.6 Å². The molecule has 1 aromatic carbocycles. The highest BCUT2D eigenvalue weighted by Gasteiger charge is 2.48. The second kappa shape index (κ2) is 12.1. The molecule has 1 amide bonds. The third-order valence-electron chi connectivity index (χ3n) is 7.19. The number of rotatable bonds is 9. The van der Waals surface area contributed by atoms with Crippen molar-refractivity contribution in [3.63, 3.8) is 0 Å². The number of Topliss-reactive ketones (excluding diaryl/α,β-unsaturated/α-hetero) is 1. The van der Waals surface area contributed by atoms with Crippen LogP contribution in [-0.4, -0.2) is 47.5 Å². The Bertz CT molecular complexity index is 1750. The molecule has 0 saturated heterocycles. The topological polar surface area (TPSA) is 108 Å². The molecule has 0 radical (unpaired) electrons. The fourth-order valence-corrected chi connectivity index (χ4v) is 5.28. The van der Waals surface area contributed by atoms with E-state index in [0.29, 0.717) is 17.0 Å². The summed E-state index contributed by atoms with van der Waals surface area (Å²) in [6, 6.07) is 7.06. The molecule has 1 N–H and O–H groups in total. The van der Waals surface area contributed by atoms with Gasteiger partial charge >= 0.3 is 12.4 Å². The molecule has 9 nitrogen and oxygen atoms in total. The Kier molecular flexibility index (Phi) is 8.70. The van der Waals surface area contributed by atoms with E-state index in [-0.39, 0.29) is 50.1 Å². The van der Waals surface area contributed by atoms with Crippen molar-refractivity contribution in [2.45, 2.75) is 58.0 Å². The predicted octanol–water partition coefficient (Wildman–Crippen LogP) is 6.51. The van der Waals surface area contributed by atoms with E-state index >= 15 is 0 Å². The van der Waals surface area contributed by atoms with Crippen molar-refractivity contribution >= 4 is 34.9 Å². The summed E-state index contributed by atoms with van der Waals surface area (Å²) in [5.41, 5.74) is -3.65. The highest BCUT2D eigenvalue weighted by atomic mass is 35.5. The Labute approximate surface area is 261 Å². The monoisotopic (exact) mass is 673 g/mol. The molecule has 1 atom stereocenters. The van der Waals surface area contributed by atoms with Crippen molar-refractivity contribution < 1.29 is 35.9 Å². The third kappa shape index (κ3) is 7.14. The fraction of sp³-hybridized carbons (Fsp3) is 0.357. The van der Waals surface area contributed by atoms with Crippen molar-refractivity contribution in [2.75, 3.05) is 0 Å². The molecule has 45 heavy (non-hydrogen) atoms. The zero-order chi connectivity index (χ0) is 32.8. The van der Waals surface area contributed by atoms with Crippen LogP contribution in [0, 0.1) is 12.8 Å². The minimum Gasteiger partial charge on any atom is -0.349 e. The quantitative estimate of drug-likeness (QED) is 0.160. The van der Waals surface area contributed by atoms with Gasteiger partial charge in [-0.15, -0.1) is 10.2 Å². The maximum Gasteiger partial charge on any atom is 0.437 e. The Morgan fingerprint density at radius 1 is 1.02 bits per heavy atom. The summed E-state index contributed by atoms with van der Waals surface area (Å²) in [6.45, 7) is 2.80. The summed E-state index contributed by atoms with van der Waals surface area (Å²) >= 11 is 12.5. The number of hydrogen-bond donors (Lipinski definition) is 1. The molecule has 238 valence electrons. The van der Waals surface area contributed by atoms with Gasteiger partial charge in [0.05, 0.1) is 10.7 Å². The van der Waals surface area contributed by atoms with Gasteiger partial charge in [0.25, 0.3) is 5.91 Å². The molecular weight excluding hydrogens is 651 g/mol. The van der Waals surface area contributed by atoms with Gasteiger partial charge in [-0.2, -0.15) is 36.2 Å². The number of ketones is 1. The number of carbonyl (C=O) groups excluding carboxylic acids is 2.